The fourth-order valence-corrected chi connectivity index (χ4v) is 4.43. The smallest absolute Gasteiger partial charge is 0.185 e. The summed E-state index contributed by atoms with van der Waals surface area (Å²) >= 11 is 1.76. The normalized spacial score (nSPS) is 18.4. The number of nitrogens with zero attached hydrogens (tertiary/aromatic N) is 6. The summed E-state index contributed by atoms with van der Waals surface area (Å²) in [5.41, 5.74) is 1.12. The van der Waals surface area contributed by atoms with Gasteiger partial charge in [-0.15, -0.1) is 11.3 Å². The highest BCUT2D eigenvalue weighted by Gasteiger charge is 2.37. The van der Waals surface area contributed by atoms with Crippen molar-refractivity contribution >= 4 is 28.1 Å². The van der Waals surface area contributed by atoms with Crippen molar-refractivity contribution in [2.75, 3.05) is 41.9 Å². The zero-order chi connectivity index (χ0) is 17.4. The molecule has 0 unspecified atom stereocenters. The van der Waals surface area contributed by atoms with Crippen LogP contribution in [-0.2, 0) is 0 Å². The van der Waals surface area contributed by atoms with E-state index in [0.29, 0.717) is 12.1 Å². The lowest BCUT2D eigenvalue weighted by atomic mass is 10.0. The van der Waals surface area contributed by atoms with Crippen LogP contribution in [-0.4, -0.2) is 54.2 Å². The lowest BCUT2D eigenvalue weighted by molar-refractivity contribution is 0.459. The fraction of sp³-hybridized carbons (Fsp3) is 0.611. The third-order valence-electron chi connectivity index (χ3n) is 5.04. The van der Waals surface area contributed by atoms with Crippen LogP contribution in [0.1, 0.15) is 31.4 Å². The molecule has 7 heteroatoms. The summed E-state index contributed by atoms with van der Waals surface area (Å²) < 4.78 is 0. The molecule has 1 aliphatic carbocycles. The van der Waals surface area contributed by atoms with Gasteiger partial charge in [-0.1, -0.05) is 0 Å². The summed E-state index contributed by atoms with van der Waals surface area (Å²) in [6, 6.07) is 3.35. The molecule has 0 N–H and O–H groups in total. The van der Waals surface area contributed by atoms with Gasteiger partial charge in [0.15, 0.2) is 5.13 Å². The lowest BCUT2D eigenvalue weighted by Crippen LogP contribution is -2.46. The highest BCUT2D eigenvalue weighted by atomic mass is 32.1. The molecule has 2 fully saturated rings. The molecule has 2 aromatic rings. The quantitative estimate of drug-likeness (QED) is 0.819. The van der Waals surface area contributed by atoms with Gasteiger partial charge >= 0.3 is 0 Å². The number of aryl methyl sites for hydroxylation is 1. The number of anilines is 3. The maximum Gasteiger partial charge on any atom is 0.185 e. The lowest BCUT2D eigenvalue weighted by Gasteiger charge is -2.39. The molecule has 0 aromatic carbocycles. The Bertz CT molecular complexity index is 718. The minimum atomic E-state index is 0.565. The molecule has 134 valence electrons. The Morgan fingerprint density at radius 2 is 1.72 bits per heavy atom. The average molecular weight is 359 g/mol. The second kappa shape index (κ2) is 6.78. The van der Waals surface area contributed by atoms with Crippen LogP contribution >= 0.6 is 11.3 Å². The van der Waals surface area contributed by atoms with Crippen LogP contribution in [0.2, 0.25) is 0 Å². The van der Waals surface area contributed by atoms with Crippen molar-refractivity contribution in [3.63, 3.8) is 0 Å². The molecule has 3 heterocycles. The zero-order valence-electron chi connectivity index (χ0n) is 15.2. The van der Waals surface area contributed by atoms with Gasteiger partial charge in [-0.3, -0.25) is 0 Å². The Morgan fingerprint density at radius 1 is 1.04 bits per heavy atom. The summed E-state index contributed by atoms with van der Waals surface area (Å²) in [4.78, 5) is 20.7. The maximum absolute atomic E-state index is 4.65. The number of hydrogen-bond acceptors (Lipinski definition) is 7. The molecule has 6 nitrogen and oxygen atoms in total. The van der Waals surface area contributed by atoms with E-state index in [-0.39, 0.29) is 0 Å². The Morgan fingerprint density at radius 3 is 2.32 bits per heavy atom. The number of piperidine rings is 1. The van der Waals surface area contributed by atoms with Gasteiger partial charge < -0.3 is 14.7 Å². The first-order valence-corrected chi connectivity index (χ1v) is 9.94. The molecule has 25 heavy (non-hydrogen) atoms. The van der Waals surface area contributed by atoms with Crippen molar-refractivity contribution < 1.29 is 0 Å². The number of thiazole rings is 1. The van der Waals surface area contributed by atoms with Crippen molar-refractivity contribution in [1.29, 1.82) is 0 Å². The highest BCUT2D eigenvalue weighted by molar-refractivity contribution is 7.13. The third kappa shape index (κ3) is 3.56. The molecule has 4 rings (SSSR count). The van der Waals surface area contributed by atoms with E-state index >= 15 is 0 Å². The Kier molecular flexibility index (Phi) is 4.50. The minimum absolute atomic E-state index is 0.565. The molecule has 2 aliphatic rings. The van der Waals surface area contributed by atoms with Crippen molar-refractivity contribution in [2.24, 2.45) is 0 Å². The summed E-state index contributed by atoms with van der Waals surface area (Å²) in [6.07, 6.45) is 6.60. The first kappa shape index (κ1) is 16.6. The van der Waals surface area contributed by atoms with Gasteiger partial charge in [-0.05, 0) is 32.6 Å². The fourth-order valence-electron chi connectivity index (χ4n) is 3.57. The van der Waals surface area contributed by atoms with Crippen molar-refractivity contribution in [3.05, 3.63) is 23.5 Å². The first-order chi connectivity index (χ1) is 12.1. The molecule has 0 amide bonds. The summed E-state index contributed by atoms with van der Waals surface area (Å²) in [7, 11) is 4.06. The Labute approximate surface area is 153 Å². The molecule has 1 saturated carbocycles. The van der Waals surface area contributed by atoms with Gasteiger partial charge in [0, 0.05) is 50.7 Å². The molecule has 1 aliphatic heterocycles. The van der Waals surface area contributed by atoms with Gasteiger partial charge in [-0.2, -0.15) is 0 Å². The minimum Gasteiger partial charge on any atom is -0.363 e. The SMILES string of the molecule is Cc1csc(N2CCC(N(c3cc(N(C)C)ncn3)C3CC3)CC2)n1. The van der Waals surface area contributed by atoms with Gasteiger partial charge in [-0.25, -0.2) is 15.0 Å². The van der Waals surface area contributed by atoms with Crippen molar-refractivity contribution in [2.45, 2.75) is 44.7 Å². The molecule has 0 spiro atoms. The second-order valence-corrected chi connectivity index (χ2v) is 8.09. The van der Waals surface area contributed by atoms with Crippen LogP contribution in [0.15, 0.2) is 17.8 Å². The van der Waals surface area contributed by atoms with Crippen molar-refractivity contribution in [3.8, 4) is 0 Å². The highest BCUT2D eigenvalue weighted by Crippen LogP contribution is 2.36. The van der Waals surface area contributed by atoms with Crippen LogP contribution in [0, 0.1) is 6.92 Å². The molecule has 1 saturated heterocycles. The predicted octanol–water partition coefficient (Wildman–Crippen LogP) is 2.95. The first-order valence-electron chi connectivity index (χ1n) is 9.06. The molecule has 0 atom stereocenters. The van der Waals surface area contributed by atoms with Gasteiger partial charge in [0.1, 0.15) is 18.0 Å². The van der Waals surface area contributed by atoms with E-state index in [1.54, 1.807) is 17.7 Å². The summed E-state index contributed by atoms with van der Waals surface area (Å²) in [5.74, 6) is 2.07. The predicted molar refractivity (Wildman–Crippen MR) is 104 cm³/mol. The van der Waals surface area contributed by atoms with Crippen LogP contribution in [0.25, 0.3) is 0 Å². The third-order valence-corrected chi connectivity index (χ3v) is 6.06. The molecule has 0 bridgehead atoms. The maximum atomic E-state index is 4.65. The molecular formula is C18H26N6S. The van der Waals surface area contributed by atoms with E-state index in [1.807, 2.05) is 19.0 Å². The van der Waals surface area contributed by atoms with E-state index < -0.39 is 0 Å². The van der Waals surface area contributed by atoms with E-state index in [1.165, 1.54) is 18.0 Å². The average Bonchev–Trinajstić information content (AvgIpc) is 3.36. The van der Waals surface area contributed by atoms with E-state index in [9.17, 15) is 0 Å². The Balaban J connectivity index is 1.48. The number of rotatable bonds is 5. The number of hydrogen-bond donors (Lipinski definition) is 0. The standard InChI is InChI=1S/C18H26N6S/c1-13-11-25-18(21-13)23-8-6-15(7-9-23)24(14-4-5-14)17-10-16(22(2)3)19-12-20-17/h10-12,14-15H,4-9H2,1-3H3. The molecular weight excluding hydrogens is 332 g/mol. The van der Waals surface area contributed by atoms with Gasteiger partial charge in [0.25, 0.3) is 0 Å². The van der Waals surface area contributed by atoms with E-state index in [0.717, 1.165) is 43.3 Å². The molecule has 2 aromatic heterocycles. The zero-order valence-corrected chi connectivity index (χ0v) is 16.0. The van der Waals surface area contributed by atoms with Crippen molar-refractivity contribution in [1.82, 2.24) is 15.0 Å². The van der Waals surface area contributed by atoms with Gasteiger partial charge in [0.2, 0.25) is 0 Å². The largest absolute Gasteiger partial charge is 0.363 e. The summed E-state index contributed by atoms with van der Waals surface area (Å²) in [5, 5.41) is 3.31. The van der Waals surface area contributed by atoms with E-state index in [2.05, 4.69) is 43.1 Å². The van der Waals surface area contributed by atoms with Crippen LogP contribution in [0.4, 0.5) is 16.8 Å². The molecule has 0 radical (unpaired) electrons. The van der Waals surface area contributed by atoms with Crippen LogP contribution < -0.4 is 14.7 Å². The van der Waals surface area contributed by atoms with Crippen LogP contribution in [0.3, 0.4) is 0 Å². The number of aromatic nitrogens is 3. The van der Waals surface area contributed by atoms with E-state index in [4.69, 9.17) is 0 Å². The topological polar surface area (TPSA) is 48.4 Å². The van der Waals surface area contributed by atoms with Gasteiger partial charge in [0.05, 0.1) is 5.69 Å². The van der Waals surface area contributed by atoms with Crippen LogP contribution in [0.5, 0.6) is 0 Å². The Hall–Kier alpha value is -1.89. The second-order valence-electron chi connectivity index (χ2n) is 7.26. The summed E-state index contributed by atoms with van der Waals surface area (Å²) in [6.45, 7) is 4.22. The monoisotopic (exact) mass is 358 g/mol.